The van der Waals surface area contributed by atoms with Crippen molar-refractivity contribution >= 4 is 62.2 Å². The zero-order valence-corrected chi connectivity index (χ0v) is 24.1. The van der Waals surface area contributed by atoms with Crippen LogP contribution < -0.4 is 10.0 Å². The Morgan fingerprint density at radius 2 is 1.86 bits per heavy atom. The third-order valence-electron chi connectivity index (χ3n) is 6.10. The van der Waals surface area contributed by atoms with Crippen LogP contribution in [0.4, 0.5) is 0 Å². The van der Waals surface area contributed by atoms with Crippen molar-refractivity contribution in [3.8, 4) is 10.4 Å². The highest BCUT2D eigenvalue weighted by Crippen LogP contribution is 2.42. The molecule has 4 rings (SSSR count). The van der Waals surface area contributed by atoms with Gasteiger partial charge in [-0.3, -0.25) is 9.00 Å². The first-order chi connectivity index (χ1) is 16.5. The fourth-order valence-corrected chi connectivity index (χ4v) is 8.24. The van der Waals surface area contributed by atoms with E-state index in [0.717, 1.165) is 29.8 Å². The smallest absolute Gasteiger partial charge is 0.280 e. The maximum absolute atomic E-state index is 12.9. The number of amides is 1. The molecule has 192 valence electrons. The number of benzene rings is 1. The molecule has 1 amide bonds. The van der Waals surface area contributed by atoms with Crippen molar-refractivity contribution in [2.45, 2.75) is 75.8 Å². The van der Waals surface area contributed by atoms with Gasteiger partial charge in [-0.05, 0) is 39.2 Å². The van der Waals surface area contributed by atoms with Gasteiger partial charge >= 0.3 is 0 Å². The van der Waals surface area contributed by atoms with Crippen molar-refractivity contribution in [2.75, 3.05) is 11.5 Å². The van der Waals surface area contributed by atoms with E-state index in [2.05, 4.69) is 10.0 Å². The van der Waals surface area contributed by atoms with E-state index in [1.54, 1.807) is 6.07 Å². The van der Waals surface area contributed by atoms with Crippen molar-refractivity contribution in [2.24, 2.45) is 5.92 Å². The second-order valence-electron chi connectivity index (χ2n) is 10.3. The number of hydrogen-bond donors (Lipinski definition) is 2. The van der Waals surface area contributed by atoms with Crippen LogP contribution in [-0.4, -0.2) is 42.4 Å². The van der Waals surface area contributed by atoms with Crippen molar-refractivity contribution in [3.05, 3.63) is 32.9 Å². The molecule has 1 atom stereocenters. The Morgan fingerprint density at radius 1 is 1.17 bits per heavy atom. The Hall–Kier alpha value is -0.840. The van der Waals surface area contributed by atoms with Crippen LogP contribution in [-0.2, 0) is 28.2 Å². The number of aromatic nitrogens is 1. The van der Waals surface area contributed by atoms with Crippen LogP contribution in [0.15, 0.2) is 17.0 Å². The summed E-state index contributed by atoms with van der Waals surface area (Å²) in [6.07, 6.45) is 6.77. The van der Waals surface area contributed by atoms with E-state index in [1.807, 2.05) is 26.8 Å². The van der Waals surface area contributed by atoms with E-state index in [-0.39, 0.29) is 22.5 Å². The van der Waals surface area contributed by atoms with E-state index >= 15 is 0 Å². The molecule has 1 aliphatic heterocycles. The molecule has 1 aromatic carbocycles. The summed E-state index contributed by atoms with van der Waals surface area (Å²) in [6, 6.07) is 3.48. The van der Waals surface area contributed by atoms with Crippen molar-refractivity contribution in [1.82, 2.24) is 15.0 Å². The second-order valence-corrected chi connectivity index (χ2v) is 14.8. The lowest BCUT2D eigenvalue weighted by Crippen LogP contribution is -2.50. The molecule has 2 heterocycles. The Balaban J connectivity index is 1.66. The first kappa shape index (κ1) is 27.2. The van der Waals surface area contributed by atoms with Gasteiger partial charge in [0.15, 0.2) is 5.01 Å². The van der Waals surface area contributed by atoms with Crippen LogP contribution in [0.25, 0.3) is 10.4 Å². The normalized spacial score (nSPS) is 22.0. The molecule has 2 N–H and O–H groups in total. The molecule has 1 aliphatic carbocycles. The summed E-state index contributed by atoms with van der Waals surface area (Å²) in [5, 5.41) is 3.86. The molecule has 2 aliphatic rings. The van der Waals surface area contributed by atoms with Crippen LogP contribution in [0.2, 0.25) is 10.0 Å². The molecule has 0 bridgehead atoms. The molecular weight excluding hydrogens is 545 g/mol. The summed E-state index contributed by atoms with van der Waals surface area (Å²) < 4.78 is 27.3. The Labute approximate surface area is 226 Å². The van der Waals surface area contributed by atoms with Gasteiger partial charge in [0.2, 0.25) is 0 Å². The van der Waals surface area contributed by atoms with Gasteiger partial charge in [0.25, 0.3) is 5.91 Å². The molecule has 1 unspecified atom stereocenters. The first-order valence-corrected chi connectivity index (χ1v) is 16.1. The molecule has 6 nitrogen and oxygen atoms in total. The van der Waals surface area contributed by atoms with Gasteiger partial charge in [-0.15, -0.1) is 11.3 Å². The largest absolute Gasteiger partial charge is 0.345 e. The summed E-state index contributed by atoms with van der Waals surface area (Å²) >= 11 is 14.6. The third kappa shape index (κ3) is 6.73. The molecule has 2 aromatic rings. The lowest BCUT2D eigenvalue weighted by Gasteiger charge is -2.25. The lowest BCUT2D eigenvalue weighted by atomic mass is 9.85. The van der Waals surface area contributed by atoms with E-state index in [0.29, 0.717) is 37.9 Å². The molecule has 0 radical (unpaired) electrons. The predicted molar refractivity (Wildman–Crippen MR) is 146 cm³/mol. The number of nitrogens with one attached hydrogen (secondary N) is 2. The monoisotopic (exact) mass is 575 g/mol. The van der Waals surface area contributed by atoms with Crippen LogP contribution in [0.5, 0.6) is 0 Å². The van der Waals surface area contributed by atoms with Gasteiger partial charge < -0.3 is 5.32 Å². The van der Waals surface area contributed by atoms with Gasteiger partial charge in [-0.25, -0.2) is 13.9 Å². The molecule has 0 spiro atoms. The van der Waals surface area contributed by atoms with Gasteiger partial charge in [0.05, 0.1) is 31.6 Å². The molecule has 1 aromatic heterocycles. The quantitative estimate of drug-likeness (QED) is 0.455. The minimum absolute atomic E-state index is 0.0694. The highest BCUT2D eigenvalue weighted by molar-refractivity contribution is 7.86. The van der Waals surface area contributed by atoms with Gasteiger partial charge in [0, 0.05) is 33.4 Å². The minimum atomic E-state index is -1.52. The summed E-state index contributed by atoms with van der Waals surface area (Å²) in [5.41, 5.74) is 1.18. The number of hydrogen-bond acceptors (Lipinski definition) is 5. The SMILES string of the molecule is CC(C)(C)NS(=O)c1ccc(-c2sc(C(=O)NC3CS(=O)C3)nc2CC2CCCCC2)c(Cl)c1Cl. The average Bonchev–Trinajstić information content (AvgIpc) is 3.17. The number of carbonyl (C=O) groups excluding carboxylic acids is 1. The maximum atomic E-state index is 12.9. The fourth-order valence-electron chi connectivity index (χ4n) is 4.38. The molecule has 1 saturated heterocycles. The van der Waals surface area contributed by atoms with E-state index in [4.69, 9.17) is 28.2 Å². The number of rotatable bonds is 7. The highest BCUT2D eigenvalue weighted by Gasteiger charge is 2.30. The number of carbonyl (C=O) groups is 1. The van der Waals surface area contributed by atoms with Crippen molar-refractivity contribution in [1.29, 1.82) is 0 Å². The minimum Gasteiger partial charge on any atom is -0.345 e. The van der Waals surface area contributed by atoms with Gasteiger partial charge in [0.1, 0.15) is 11.0 Å². The molecule has 1 saturated carbocycles. The van der Waals surface area contributed by atoms with Crippen LogP contribution in [0.1, 0.15) is 68.4 Å². The first-order valence-electron chi connectivity index (χ1n) is 11.9. The molecular formula is C24H31Cl2N3O3S3. The standard InChI is InChI=1S/C24H31Cl2N3O3S3/c1-24(2,3)29-35(32)18-10-9-16(19(25)20(18)26)21-17(11-14-7-5-4-6-8-14)28-23(33-21)22(30)27-15-12-34(31)13-15/h9-10,14-15,29H,4-8,11-13H2,1-3H3,(H,27,30). The molecule has 2 fully saturated rings. The van der Waals surface area contributed by atoms with E-state index in [9.17, 15) is 13.2 Å². The van der Waals surface area contributed by atoms with Gasteiger partial charge in [-0.1, -0.05) is 61.4 Å². The average molecular weight is 577 g/mol. The fraction of sp³-hybridized carbons (Fsp3) is 0.583. The summed E-state index contributed by atoms with van der Waals surface area (Å²) in [4.78, 5) is 18.9. The third-order valence-corrected chi connectivity index (χ3v) is 11.3. The summed E-state index contributed by atoms with van der Waals surface area (Å²) in [6.45, 7) is 5.78. The number of thiazole rings is 1. The van der Waals surface area contributed by atoms with Gasteiger partial charge in [-0.2, -0.15) is 0 Å². The topological polar surface area (TPSA) is 88.2 Å². The molecule has 11 heteroatoms. The van der Waals surface area contributed by atoms with E-state index in [1.165, 1.54) is 30.6 Å². The van der Waals surface area contributed by atoms with Crippen LogP contribution in [0, 0.1) is 5.92 Å². The van der Waals surface area contributed by atoms with Crippen LogP contribution >= 0.6 is 34.5 Å². The Morgan fingerprint density at radius 3 is 2.49 bits per heavy atom. The zero-order chi connectivity index (χ0) is 25.3. The maximum Gasteiger partial charge on any atom is 0.280 e. The number of halogens is 2. The van der Waals surface area contributed by atoms with Crippen LogP contribution in [0.3, 0.4) is 0 Å². The van der Waals surface area contributed by atoms with Crippen molar-refractivity contribution < 1.29 is 13.2 Å². The van der Waals surface area contributed by atoms with Crippen molar-refractivity contribution in [3.63, 3.8) is 0 Å². The second kappa shape index (κ2) is 11.3. The predicted octanol–water partition coefficient (Wildman–Crippen LogP) is 5.51. The Kier molecular flexibility index (Phi) is 8.76. The number of nitrogens with zero attached hydrogens (tertiary/aromatic N) is 1. The lowest BCUT2D eigenvalue weighted by molar-refractivity contribution is 0.0941. The zero-order valence-electron chi connectivity index (χ0n) is 20.1. The Bertz CT molecular complexity index is 1150. The summed E-state index contributed by atoms with van der Waals surface area (Å²) in [7, 11) is -2.37. The highest BCUT2D eigenvalue weighted by atomic mass is 35.5. The summed E-state index contributed by atoms with van der Waals surface area (Å²) in [5.74, 6) is 1.25. The van der Waals surface area contributed by atoms with E-state index < -0.39 is 21.8 Å². The molecule has 35 heavy (non-hydrogen) atoms.